The maximum atomic E-state index is 12.5. The van der Waals surface area contributed by atoms with Gasteiger partial charge in [0.05, 0.1) is 5.75 Å². The van der Waals surface area contributed by atoms with Crippen molar-refractivity contribution in [2.24, 2.45) is 7.05 Å². The molecule has 7 heteroatoms. The Morgan fingerprint density at radius 3 is 2.50 bits per heavy atom. The lowest BCUT2D eigenvalue weighted by molar-refractivity contribution is 0.102. The first-order chi connectivity index (χ1) is 11.5. The molecular formula is C17H21N3O3S. The monoisotopic (exact) mass is 347 g/mol. The van der Waals surface area contributed by atoms with Crippen molar-refractivity contribution in [3.05, 3.63) is 62.3 Å². The number of carbonyl (C=O) groups is 1. The highest BCUT2D eigenvalue weighted by molar-refractivity contribution is 7.99. The first-order valence-electron chi connectivity index (χ1n) is 7.71. The molecular weight excluding hydrogens is 326 g/mol. The van der Waals surface area contributed by atoms with Crippen molar-refractivity contribution in [2.45, 2.75) is 25.6 Å². The highest BCUT2D eigenvalue weighted by atomic mass is 32.2. The maximum Gasteiger partial charge on any atom is 0.332 e. The van der Waals surface area contributed by atoms with Gasteiger partial charge in [0.25, 0.3) is 5.56 Å². The third kappa shape index (κ3) is 3.79. The van der Waals surface area contributed by atoms with E-state index < -0.39 is 11.2 Å². The summed E-state index contributed by atoms with van der Waals surface area (Å²) in [4.78, 5) is 36.9. The number of carbonyl (C=O) groups excluding carboxylic acids is 1. The average molecular weight is 347 g/mol. The number of nitrogens with two attached hydrogens (primary N) is 1. The molecule has 0 unspecified atom stereocenters. The minimum Gasteiger partial charge on any atom is -0.384 e. The summed E-state index contributed by atoms with van der Waals surface area (Å²) in [6, 6.07) is 9.76. The topological polar surface area (TPSA) is 87.1 Å². The van der Waals surface area contributed by atoms with Gasteiger partial charge < -0.3 is 5.73 Å². The second-order valence-corrected chi connectivity index (χ2v) is 6.45. The molecule has 0 aliphatic heterocycles. The fourth-order valence-electron chi connectivity index (χ4n) is 2.39. The molecule has 0 spiro atoms. The van der Waals surface area contributed by atoms with Crippen LogP contribution in [0.5, 0.6) is 0 Å². The number of hydrogen-bond acceptors (Lipinski definition) is 5. The lowest BCUT2D eigenvalue weighted by Gasteiger charge is -2.13. The van der Waals surface area contributed by atoms with Crippen molar-refractivity contribution >= 4 is 23.4 Å². The number of nitrogens with zero attached hydrogens (tertiary/aromatic N) is 2. The standard InChI is InChI=1S/C17H21N3O3S/c1-3-9-20-15(18)14(16(22)19(2)17(20)23)13(21)11-24-10-12-7-5-4-6-8-12/h4-8H,3,9-11,18H2,1-2H3. The van der Waals surface area contributed by atoms with Crippen molar-refractivity contribution < 1.29 is 4.79 Å². The third-order valence-electron chi connectivity index (χ3n) is 3.65. The van der Waals surface area contributed by atoms with Crippen molar-refractivity contribution in [1.29, 1.82) is 0 Å². The minimum atomic E-state index is -0.629. The van der Waals surface area contributed by atoms with Crippen LogP contribution in [0.1, 0.15) is 29.3 Å². The fraction of sp³-hybridized carbons (Fsp3) is 0.353. The molecule has 2 N–H and O–H groups in total. The number of rotatable bonds is 7. The Labute approximate surface area is 144 Å². The van der Waals surface area contributed by atoms with Gasteiger partial charge in [-0.2, -0.15) is 0 Å². The summed E-state index contributed by atoms with van der Waals surface area (Å²) in [6.07, 6.45) is 0.679. The van der Waals surface area contributed by atoms with Crippen LogP contribution in [0.25, 0.3) is 0 Å². The molecule has 0 saturated heterocycles. The van der Waals surface area contributed by atoms with Crippen LogP contribution in [-0.2, 0) is 19.3 Å². The quantitative estimate of drug-likeness (QED) is 0.770. The minimum absolute atomic E-state index is 0.0322. The van der Waals surface area contributed by atoms with E-state index in [1.807, 2.05) is 37.3 Å². The summed E-state index contributed by atoms with van der Waals surface area (Å²) < 4.78 is 2.23. The van der Waals surface area contributed by atoms with Crippen LogP contribution in [0.3, 0.4) is 0 Å². The number of anilines is 1. The summed E-state index contributed by atoms with van der Waals surface area (Å²) in [7, 11) is 1.37. The Morgan fingerprint density at radius 1 is 1.21 bits per heavy atom. The molecule has 2 rings (SSSR count). The first-order valence-corrected chi connectivity index (χ1v) is 8.87. The molecule has 1 heterocycles. The van der Waals surface area contributed by atoms with Gasteiger partial charge in [-0.1, -0.05) is 37.3 Å². The normalized spacial score (nSPS) is 10.8. The van der Waals surface area contributed by atoms with Crippen LogP contribution in [0.15, 0.2) is 39.9 Å². The lowest BCUT2D eigenvalue weighted by Crippen LogP contribution is -2.42. The van der Waals surface area contributed by atoms with Crippen molar-refractivity contribution in [2.75, 3.05) is 11.5 Å². The van der Waals surface area contributed by atoms with Crippen LogP contribution < -0.4 is 17.0 Å². The number of aromatic nitrogens is 2. The van der Waals surface area contributed by atoms with E-state index in [4.69, 9.17) is 5.73 Å². The third-order valence-corrected chi connectivity index (χ3v) is 4.66. The van der Waals surface area contributed by atoms with Gasteiger partial charge in [0.1, 0.15) is 11.4 Å². The Hall–Kier alpha value is -2.28. The Bertz CT molecular complexity index is 841. The molecule has 0 aliphatic carbocycles. The summed E-state index contributed by atoms with van der Waals surface area (Å²) in [5.41, 5.74) is 5.83. The molecule has 1 aromatic heterocycles. The van der Waals surface area contributed by atoms with Crippen molar-refractivity contribution in [3.8, 4) is 0 Å². The Kier molecular flexibility index (Phi) is 6.03. The number of nitrogen functional groups attached to an aromatic ring is 1. The first kappa shape index (κ1) is 18.1. The second-order valence-electron chi connectivity index (χ2n) is 5.46. The highest BCUT2D eigenvalue weighted by Gasteiger charge is 2.20. The van der Waals surface area contributed by atoms with Crippen LogP contribution >= 0.6 is 11.8 Å². The van der Waals surface area contributed by atoms with Gasteiger partial charge in [0.15, 0.2) is 5.78 Å². The molecule has 0 radical (unpaired) electrons. The van der Waals surface area contributed by atoms with Crippen LogP contribution in [0, 0.1) is 0 Å². The largest absolute Gasteiger partial charge is 0.384 e. The summed E-state index contributed by atoms with van der Waals surface area (Å²) in [5, 5.41) is 0. The molecule has 0 bridgehead atoms. The van der Waals surface area contributed by atoms with E-state index in [0.717, 1.165) is 10.1 Å². The molecule has 128 valence electrons. The zero-order valence-electron chi connectivity index (χ0n) is 13.8. The van der Waals surface area contributed by atoms with Gasteiger partial charge >= 0.3 is 5.69 Å². The van der Waals surface area contributed by atoms with Gasteiger partial charge in [-0.15, -0.1) is 11.8 Å². The maximum absolute atomic E-state index is 12.5. The average Bonchev–Trinajstić information content (AvgIpc) is 2.58. The van der Waals surface area contributed by atoms with E-state index in [-0.39, 0.29) is 22.9 Å². The zero-order chi connectivity index (χ0) is 17.7. The Morgan fingerprint density at radius 2 is 1.88 bits per heavy atom. The summed E-state index contributed by atoms with van der Waals surface area (Å²) >= 11 is 1.42. The van der Waals surface area contributed by atoms with E-state index in [0.29, 0.717) is 18.7 Å². The number of ketones is 1. The van der Waals surface area contributed by atoms with E-state index >= 15 is 0 Å². The fourth-order valence-corrected chi connectivity index (χ4v) is 3.25. The highest BCUT2D eigenvalue weighted by Crippen LogP contribution is 2.15. The molecule has 0 fully saturated rings. The van der Waals surface area contributed by atoms with Gasteiger partial charge in [-0.25, -0.2) is 4.79 Å². The molecule has 6 nitrogen and oxygen atoms in total. The van der Waals surface area contributed by atoms with Gasteiger partial charge in [0, 0.05) is 19.3 Å². The molecule has 1 aromatic carbocycles. The molecule has 0 saturated carbocycles. The number of hydrogen-bond donors (Lipinski definition) is 1. The molecule has 0 atom stereocenters. The number of thioether (sulfide) groups is 1. The van der Waals surface area contributed by atoms with E-state index in [1.54, 1.807) is 0 Å². The lowest BCUT2D eigenvalue weighted by atomic mass is 10.2. The van der Waals surface area contributed by atoms with E-state index in [2.05, 4.69) is 0 Å². The molecule has 24 heavy (non-hydrogen) atoms. The molecule has 0 aliphatic rings. The summed E-state index contributed by atoms with van der Waals surface area (Å²) in [5.74, 6) is 0.425. The van der Waals surface area contributed by atoms with E-state index in [9.17, 15) is 14.4 Å². The van der Waals surface area contributed by atoms with Gasteiger partial charge in [0.2, 0.25) is 0 Å². The number of benzene rings is 1. The molecule has 2 aromatic rings. The van der Waals surface area contributed by atoms with Crippen molar-refractivity contribution in [3.63, 3.8) is 0 Å². The second kappa shape index (κ2) is 8.01. The summed E-state index contributed by atoms with van der Waals surface area (Å²) in [6.45, 7) is 2.27. The van der Waals surface area contributed by atoms with Gasteiger partial charge in [-0.05, 0) is 12.0 Å². The van der Waals surface area contributed by atoms with E-state index in [1.165, 1.54) is 23.4 Å². The molecule has 0 amide bonds. The van der Waals surface area contributed by atoms with Crippen LogP contribution in [-0.4, -0.2) is 20.7 Å². The predicted molar refractivity (Wildman–Crippen MR) is 97.6 cm³/mol. The van der Waals surface area contributed by atoms with Crippen molar-refractivity contribution in [1.82, 2.24) is 9.13 Å². The number of Topliss-reactive ketones (excluding diaryl/α,β-unsaturated/α-hetero) is 1. The van der Waals surface area contributed by atoms with Crippen LogP contribution in [0.4, 0.5) is 5.82 Å². The van der Waals surface area contributed by atoms with Crippen LogP contribution in [0.2, 0.25) is 0 Å². The predicted octanol–water partition coefficient (Wildman–Crippen LogP) is 1.66. The SMILES string of the molecule is CCCn1c(N)c(C(=O)CSCc2ccccc2)c(=O)n(C)c1=O. The smallest absolute Gasteiger partial charge is 0.332 e. The zero-order valence-corrected chi connectivity index (χ0v) is 14.6. The Balaban J connectivity index is 2.23. The van der Waals surface area contributed by atoms with Gasteiger partial charge in [-0.3, -0.25) is 18.7 Å².